The van der Waals surface area contributed by atoms with Crippen LogP contribution >= 0.6 is 22.9 Å². The van der Waals surface area contributed by atoms with E-state index in [1.165, 1.54) is 10.4 Å². The predicted molar refractivity (Wildman–Crippen MR) is 78.5 cm³/mol. The number of rotatable bonds is 5. The second-order valence-electron chi connectivity index (χ2n) is 4.14. The van der Waals surface area contributed by atoms with E-state index in [9.17, 15) is 0 Å². The molecule has 0 aliphatic heterocycles. The molecule has 0 spiro atoms. The van der Waals surface area contributed by atoms with Crippen molar-refractivity contribution in [2.45, 2.75) is 19.6 Å². The van der Waals surface area contributed by atoms with Crippen molar-refractivity contribution in [3.05, 3.63) is 51.2 Å². The maximum atomic E-state index is 5.94. The summed E-state index contributed by atoms with van der Waals surface area (Å²) in [7, 11) is 1.70. The molecule has 1 N–H and O–H groups in total. The van der Waals surface area contributed by atoms with Crippen LogP contribution in [-0.2, 0) is 11.3 Å². The zero-order chi connectivity index (χ0) is 13.0. The van der Waals surface area contributed by atoms with Gasteiger partial charge in [-0.2, -0.15) is 0 Å². The summed E-state index contributed by atoms with van der Waals surface area (Å²) in [5.74, 6) is 0. The Labute approximate surface area is 117 Å². The van der Waals surface area contributed by atoms with Crippen molar-refractivity contribution in [3.63, 3.8) is 0 Å². The lowest BCUT2D eigenvalue weighted by atomic mass is 10.2. The highest BCUT2D eigenvalue weighted by Crippen LogP contribution is 2.28. The molecule has 2 nitrogen and oxygen atoms in total. The predicted octanol–water partition coefficient (Wildman–Crippen LogP) is 4.72. The average molecular weight is 282 g/mol. The molecule has 96 valence electrons. The summed E-state index contributed by atoms with van der Waals surface area (Å²) in [4.78, 5) is 1.24. The maximum Gasteiger partial charge on any atom is 0.0932 e. The molecular weight excluding hydrogens is 266 g/mol. The van der Waals surface area contributed by atoms with Crippen molar-refractivity contribution in [2.75, 3.05) is 12.4 Å². The number of methoxy groups -OCH3 is 1. The Kier molecular flexibility index (Phi) is 4.64. The molecule has 1 atom stereocenters. The van der Waals surface area contributed by atoms with Gasteiger partial charge in [0.2, 0.25) is 0 Å². The molecule has 0 saturated carbocycles. The molecule has 18 heavy (non-hydrogen) atoms. The summed E-state index contributed by atoms with van der Waals surface area (Å²) in [5, 5.41) is 3.45. The molecule has 0 saturated heterocycles. The molecule has 0 amide bonds. The van der Waals surface area contributed by atoms with E-state index in [4.69, 9.17) is 16.3 Å². The second-order valence-corrected chi connectivity index (χ2v) is 5.88. The van der Waals surface area contributed by atoms with Crippen LogP contribution in [0.25, 0.3) is 0 Å². The second kappa shape index (κ2) is 6.23. The molecule has 1 unspecified atom stereocenters. The highest BCUT2D eigenvalue weighted by atomic mass is 35.5. The van der Waals surface area contributed by atoms with E-state index in [-0.39, 0.29) is 6.04 Å². The van der Waals surface area contributed by atoms with Gasteiger partial charge in [-0.3, -0.25) is 0 Å². The zero-order valence-corrected chi connectivity index (χ0v) is 12.0. The van der Waals surface area contributed by atoms with Crippen LogP contribution in [0, 0.1) is 0 Å². The van der Waals surface area contributed by atoms with Gasteiger partial charge in [0, 0.05) is 17.7 Å². The molecule has 0 bridgehead atoms. The molecule has 2 rings (SSSR count). The molecule has 0 fully saturated rings. The van der Waals surface area contributed by atoms with E-state index in [0.29, 0.717) is 6.61 Å². The van der Waals surface area contributed by atoms with Gasteiger partial charge in [-0.05, 0) is 36.8 Å². The molecular formula is C14H16ClNOS. The van der Waals surface area contributed by atoms with Crippen molar-refractivity contribution in [2.24, 2.45) is 0 Å². The largest absolute Gasteiger partial charge is 0.380 e. The number of ether oxygens (including phenoxy) is 1. The Balaban J connectivity index is 2.00. The Morgan fingerprint density at radius 3 is 2.50 bits per heavy atom. The normalized spacial score (nSPS) is 12.4. The molecule has 0 aliphatic rings. The lowest BCUT2D eigenvalue weighted by molar-refractivity contribution is 0.185. The third-order valence-corrected chi connectivity index (χ3v) is 4.08. The number of hydrogen-bond acceptors (Lipinski definition) is 3. The van der Waals surface area contributed by atoms with Gasteiger partial charge in [-0.1, -0.05) is 23.7 Å². The first-order chi connectivity index (χ1) is 8.69. The smallest absolute Gasteiger partial charge is 0.0932 e. The van der Waals surface area contributed by atoms with Crippen LogP contribution in [0.5, 0.6) is 0 Å². The molecule has 0 radical (unpaired) electrons. The summed E-state index contributed by atoms with van der Waals surface area (Å²) < 4.78 is 5.92. The van der Waals surface area contributed by atoms with Gasteiger partial charge in [0.05, 0.1) is 17.0 Å². The standard InChI is InChI=1S/C14H16ClNOS/c1-10(13-7-8-14(15)18-13)16-12-5-3-11(4-6-12)9-17-2/h3-8,10,16H,9H2,1-2H3. The number of halogens is 1. The van der Waals surface area contributed by atoms with Crippen LogP contribution in [0.4, 0.5) is 5.69 Å². The van der Waals surface area contributed by atoms with E-state index in [1.807, 2.05) is 6.07 Å². The molecule has 1 aromatic carbocycles. The third-order valence-electron chi connectivity index (χ3n) is 2.67. The van der Waals surface area contributed by atoms with Crippen LogP contribution in [-0.4, -0.2) is 7.11 Å². The van der Waals surface area contributed by atoms with E-state index >= 15 is 0 Å². The number of hydrogen-bond donors (Lipinski definition) is 1. The summed E-state index contributed by atoms with van der Waals surface area (Å²) in [6.07, 6.45) is 0. The summed E-state index contributed by atoms with van der Waals surface area (Å²) in [6, 6.07) is 12.5. The minimum atomic E-state index is 0.260. The van der Waals surface area contributed by atoms with Gasteiger partial charge in [0.1, 0.15) is 0 Å². The van der Waals surface area contributed by atoms with Gasteiger partial charge in [0.15, 0.2) is 0 Å². The highest BCUT2D eigenvalue weighted by molar-refractivity contribution is 7.16. The SMILES string of the molecule is COCc1ccc(NC(C)c2ccc(Cl)s2)cc1. The Morgan fingerprint density at radius 1 is 1.22 bits per heavy atom. The van der Waals surface area contributed by atoms with Gasteiger partial charge in [-0.15, -0.1) is 11.3 Å². The fourth-order valence-electron chi connectivity index (χ4n) is 1.75. The average Bonchev–Trinajstić information content (AvgIpc) is 2.79. The number of anilines is 1. The van der Waals surface area contributed by atoms with Crippen molar-refractivity contribution < 1.29 is 4.74 Å². The third kappa shape index (κ3) is 3.48. The van der Waals surface area contributed by atoms with Crippen LogP contribution in [0.1, 0.15) is 23.4 Å². The molecule has 1 heterocycles. The molecule has 0 aliphatic carbocycles. The number of benzene rings is 1. The van der Waals surface area contributed by atoms with E-state index in [2.05, 4.69) is 42.6 Å². The molecule has 1 aromatic heterocycles. The zero-order valence-electron chi connectivity index (χ0n) is 10.4. The molecule has 2 aromatic rings. The van der Waals surface area contributed by atoms with E-state index in [0.717, 1.165) is 10.0 Å². The van der Waals surface area contributed by atoms with Crippen LogP contribution in [0.3, 0.4) is 0 Å². The lowest BCUT2D eigenvalue weighted by Gasteiger charge is -2.14. The molecule has 4 heteroatoms. The van der Waals surface area contributed by atoms with Gasteiger partial charge in [0.25, 0.3) is 0 Å². The summed E-state index contributed by atoms with van der Waals surface area (Å²) in [5.41, 5.74) is 2.28. The Bertz CT molecular complexity index is 495. The van der Waals surface area contributed by atoms with Crippen LogP contribution < -0.4 is 5.32 Å². The number of nitrogens with one attached hydrogen (secondary N) is 1. The first-order valence-corrected chi connectivity index (χ1v) is 6.98. The first kappa shape index (κ1) is 13.4. The summed E-state index contributed by atoms with van der Waals surface area (Å²) >= 11 is 7.55. The monoisotopic (exact) mass is 281 g/mol. The van der Waals surface area contributed by atoms with E-state index in [1.54, 1.807) is 18.4 Å². The highest BCUT2D eigenvalue weighted by Gasteiger charge is 2.07. The Morgan fingerprint density at radius 2 is 1.94 bits per heavy atom. The topological polar surface area (TPSA) is 21.3 Å². The van der Waals surface area contributed by atoms with Crippen molar-refractivity contribution in [1.82, 2.24) is 0 Å². The van der Waals surface area contributed by atoms with E-state index < -0.39 is 0 Å². The fraction of sp³-hybridized carbons (Fsp3) is 0.286. The maximum absolute atomic E-state index is 5.94. The summed E-state index contributed by atoms with van der Waals surface area (Å²) in [6.45, 7) is 2.78. The first-order valence-electron chi connectivity index (χ1n) is 5.78. The lowest BCUT2D eigenvalue weighted by Crippen LogP contribution is -2.04. The van der Waals surface area contributed by atoms with Gasteiger partial charge >= 0.3 is 0 Å². The minimum absolute atomic E-state index is 0.260. The van der Waals surface area contributed by atoms with Crippen LogP contribution in [0.2, 0.25) is 4.34 Å². The van der Waals surface area contributed by atoms with Crippen LogP contribution in [0.15, 0.2) is 36.4 Å². The van der Waals surface area contributed by atoms with Gasteiger partial charge in [-0.25, -0.2) is 0 Å². The quantitative estimate of drug-likeness (QED) is 0.856. The minimum Gasteiger partial charge on any atom is -0.380 e. The van der Waals surface area contributed by atoms with Crippen molar-refractivity contribution >= 4 is 28.6 Å². The Hall–Kier alpha value is -1.03. The number of thiophene rings is 1. The van der Waals surface area contributed by atoms with Crippen molar-refractivity contribution in [1.29, 1.82) is 0 Å². The fourth-order valence-corrected chi connectivity index (χ4v) is 2.81. The van der Waals surface area contributed by atoms with Crippen molar-refractivity contribution in [3.8, 4) is 0 Å². The van der Waals surface area contributed by atoms with Gasteiger partial charge < -0.3 is 10.1 Å².